The summed E-state index contributed by atoms with van der Waals surface area (Å²) >= 11 is 3.57. The molecular weight excluding hydrogens is 476 g/mol. The van der Waals surface area contributed by atoms with Crippen molar-refractivity contribution in [2.24, 2.45) is 0 Å². The summed E-state index contributed by atoms with van der Waals surface area (Å²) in [6.45, 7) is 1.18. The second-order valence-corrected chi connectivity index (χ2v) is 12.0. The van der Waals surface area contributed by atoms with Crippen molar-refractivity contribution in [2.75, 3.05) is 31.9 Å². The first-order valence-electron chi connectivity index (χ1n) is 10.6. The van der Waals surface area contributed by atoms with E-state index in [0.717, 1.165) is 34.1 Å². The number of nitriles is 1. The monoisotopic (exact) mass is 498 g/mol. The molecule has 2 aliphatic rings. The van der Waals surface area contributed by atoms with E-state index in [9.17, 15) is 13.2 Å². The lowest BCUT2D eigenvalue weighted by Gasteiger charge is -2.34. The van der Waals surface area contributed by atoms with E-state index in [2.05, 4.69) is 0 Å². The Hall–Kier alpha value is -2.58. The van der Waals surface area contributed by atoms with E-state index in [4.69, 9.17) is 5.26 Å². The molecule has 4 heterocycles. The van der Waals surface area contributed by atoms with E-state index >= 15 is 0 Å². The van der Waals surface area contributed by atoms with E-state index in [1.54, 1.807) is 16.2 Å². The summed E-state index contributed by atoms with van der Waals surface area (Å²) in [5.41, 5.74) is 2.34. The molecule has 0 aliphatic carbocycles. The summed E-state index contributed by atoms with van der Waals surface area (Å²) in [6, 6.07) is 11.8. The van der Waals surface area contributed by atoms with Crippen LogP contribution in [0.15, 0.2) is 53.7 Å². The van der Waals surface area contributed by atoms with Gasteiger partial charge in [-0.15, -0.1) is 11.3 Å². The van der Waals surface area contributed by atoms with Gasteiger partial charge in [0.1, 0.15) is 5.00 Å². The third-order valence-electron chi connectivity index (χ3n) is 6.00. The fraction of sp³-hybridized carbons (Fsp3) is 0.304. The zero-order valence-corrected chi connectivity index (χ0v) is 20.3. The third kappa shape index (κ3) is 4.10. The second kappa shape index (κ2) is 8.99. The Kier molecular flexibility index (Phi) is 6.05. The van der Waals surface area contributed by atoms with E-state index in [0.29, 0.717) is 18.7 Å². The van der Waals surface area contributed by atoms with Gasteiger partial charge in [0.2, 0.25) is 10.0 Å². The van der Waals surface area contributed by atoms with Gasteiger partial charge in [0.25, 0.3) is 5.91 Å². The number of sulfonamides is 1. The summed E-state index contributed by atoms with van der Waals surface area (Å²) in [5, 5.41) is 9.89. The topological polar surface area (TPSA) is 86.4 Å². The molecule has 2 aliphatic heterocycles. The van der Waals surface area contributed by atoms with Gasteiger partial charge >= 0.3 is 0 Å². The molecule has 0 radical (unpaired) electrons. The quantitative estimate of drug-likeness (QED) is 0.551. The number of thiophene rings is 1. The predicted octanol–water partition coefficient (Wildman–Crippen LogP) is 3.35. The maximum absolute atomic E-state index is 13.7. The number of thioether (sulfide) groups is 1. The van der Waals surface area contributed by atoms with Gasteiger partial charge in [-0.1, -0.05) is 0 Å². The minimum atomic E-state index is -3.67. The highest BCUT2D eigenvalue weighted by molar-refractivity contribution is 7.98. The maximum Gasteiger partial charge on any atom is 0.257 e. The molecule has 3 aromatic rings. The number of rotatable bonds is 4. The van der Waals surface area contributed by atoms with E-state index in [1.165, 1.54) is 33.4 Å². The molecule has 0 N–H and O–H groups in total. The average Bonchev–Trinajstić information content (AvgIpc) is 3.52. The van der Waals surface area contributed by atoms with Crippen molar-refractivity contribution in [2.45, 2.75) is 17.1 Å². The predicted molar refractivity (Wildman–Crippen MR) is 129 cm³/mol. The SMILES string of the molecule is N#Cc1ccc(S(=O)(=O)N2CCN(C(=O)c3c(-n4cccc4)sc4c3CCSC4)CC2)cc1. The van der Waals surface area contributed by atoms with E-state index in [-0.39, 0.29) is 23.9 Å². The Labute approximate surface area is 201 Å². The standard InChI is InChI=1S/C23H22N4O3S3/c24-15-17-3-5-18(6-4-17)33(29,30)27-12-10-25(11-13-27)22(28)21-19-7-14-31-16-20(19)32-23(21)26-8-1-2-9-26/h1-6,8-9H,7,10-14,16H2. The first-order valence-corrected chi connectivity index (χ1v) is 14.1. The summed E-state index contributed by atoms with van der Waals surface area (Å²) in [7, 11) is -3.67. The number of carbonyl (C=O) groups excluding carboxylic acids is 1. The van der Waals surface area contributed by atoms with E-state index in [1.807, 2.05) is 46.9 Å². The van der Waals surface area contributed by atoms with Gasteiger partial charge in [-0.25, -0.2) is 8.42 Å². The van der Waals surface area contributed by atoms with Crippen molar-refractivity contribution in [1.82, 2.24) is 13.8 Å². The molecule has 170 valence electrons. The Morgan fingerprint density at radius 3 is 2.39 bits per heavy atom. The number of benzene rings is 1. The van der Waals surface area contributed by atoms with Gasteiger partial charge in [0.15, 0.2) is 0 Å². The van der Waals surface area contributed by atoms with Crippen LogP contribution in [0.3, 0.4) is 0 Å². The number of piperazine rings is 1. The molecular formula is C23H22N4O3S3. The van der Waals surface area contributed by atoms with Crippen LogP contribution >= 0.6 is 23.1 Å². The van der Waals surface area contributed by atoms with Gasteiger partial charge in [-0.3, -0.25) is 4.79 Å². The van der Waals surface area contributed by atoms with Crippen molar-refractivity contribution >= 4 is 39.0 Å². The van der Waals surface area contributed by atoms with Gasteiger partial charge in [0, 0.05) is 49.2 Å². The molecule has 1 saturated heterocycles. The van der Waals surface area contributed by atoms with Crippen molar-refractivity contribution in [3.05, 3.63) is 70.4 Å². The minimum Gasteiger partial charge on any atom is -0.336 e. The summed E-state index contributed by atoms with van der Waals surface area (Å²) in [6.07, 6.45) is 4.80. The van der Waals surface area contributed by atoms with Crippen molar-refractivity contribution in [3.63, 3.8) is 0 Å². The maximum atomic E-state index is 13.7. The number of carbonyl (C=O) groups is 1. The summed E-state index contributed by atoms with van der Waals surface area (Å²) < 4.78 is 29.5. The number of amides is 1. The molecule has 33 heavy (non-hydrogen) atoms. The van der Waals surface area contributed by atoms with Crippen LogP contribution < -0.4 is 0 Å². The van der Waals surface area contributed by atoms with Gasteiger partial charge in [-0.2, -0.15) is 21.3 Å². The number of hydrogen-bond acceptors (Lipinski definition) is 6. The number of nitrogens with zero attached hydrogens (tertiary/aromatic N) is 4. The molecule has 0 bridgehead atoms. The lowest BCUT2D eigenvalue weighted by molar-refractivity contribution is 0.0697. The molecule has 10 heteroatoms. The molecule has 0 atom stereocenters. The minimum absolute atomic E-state index is 0.0153. The fourth-order valence-corrected chi connectivity index (χ4v) is 8.09. The zero-order chi connectivity index (χ0) is 23.0. The zero-order valence-electron chi connectivity index (χ0n) is 17.8. The summed E-state index contributed by atoms with van der Waals surface area (Å²) in [4.78, 5) is 16.9. The normalized spacial score (nSPS) is 16.9. The molecule has 2 aromatic heterocycles. The lowest BCUT2D eigenvalue weighted by Crippen LogP contribution is -2.50. The molecule has 1 aromatic carbocycles. The molecule has 0 spiro atoms. The van der Waals surface area contributed by atoms with Crippen LogP contribution in [0, 0.1) is 11.3 Å². The molecule has 1 amide bonds. The van der Waals surface area contributed by atoms with Crippen LogP contribution in [0.25, 0.3) is 5.00 Å². The molecule has 7 nitrogen and oxygen atoms in total. The van der Waals surface area contributed by atoms with Crippen LogP contribution in [0.4, 0.5) is 0 Å². The Bertz CT molecular complexity index is 1310. The number of aromatic nitrogens is 1. The average molecular weight is 499 g/mol. The molecule has 0 unspecified atom stereocenters. The van der Waals surface area contributed by atoms with Crippen molar-refractivity contribution in [3.8, 4) is 11.1 Å². The van der Waals surface area contributed by atoms with Crippen molar-refractivity contribution < 1.29 is 13.2 Å². The molecule has 0 saturated carbocycles. The van der Waals surface area contributed by atoms with Gasteiger partial charge in [-0.05, 0) is 54.1 Å². The fourth-order valence-electron chi connectivity index (χ4n) is 4.23. The first-order chi connectivity index (χ1) is 16.0. The van der Waals surface area contributed by atoms with Crippen LogP contribution in [0.5, 0.6) is 0 Å². The highest BCUT2D eigenvalue weighted by atomic mass is 32.2. The third-order valence-corrected chi connectivity index (χ3v) is 10.3. The second-order valence-electron chi connectivity index (χ2n) is 7.91. The van der Waals surface area contributed by atoms with Crippen LogP contribution in [0.1, 0.15) is 26.4 Å². The first kappa shape index (κ1) is 22.2. The van der Waals surface area contributed by atoms with Crippen LogP contribution in [-0.4, -0.2) is 60.0 Å². The van der Waals surface area contributed by atoms with E-state index < -0.39 is 10.0 Å². The Morgan fingerprint density at radius 2 is 1.73 bits per heavy atom. The highest BCUT2D eigenvalue weighted by Crippen LogP contribution is 2.39. The molecule has 1 fully saturated rings. The number of hydrogen-bond donors (Lipinski definition) is 0. The van der Waals surface area contributed by atoms with Crippen molar-refractivity contribution in [1.29, 1.82) is 5.26 Å². The van der Waals surface area contributed by atoms with Gasteiger partial charge in [0.05, 0.1) is 22.1 Å². The highest BCUT2D eigenvalue weighted by Gasteiger charge is 2.34. The van der Waals surface area contributed by atoms with Crippen LogP contribution in [0.2, 0.25) is 0 Å². The molecule has 5 rings (SSSR count). The summed E-state index contributed by atoms with van der Waals surface area (Å²) in [5.74, 6) is 1.92. The lowest BCUT2D eigenvalue weighted by atomic mass is 10.1. The van der Waals surface area contributed by atoms with Gasteiger partial charge < -0.3 is 9.47 Å². The largest absolute Gasteiger partial charge is 0.336 e. The smallest absolute Gasteiger partial charge is 0.257 e. The number of fused-ring (bicyclic) bond motifs is 1. The van der Waals surface area contributed by atoms with Crippen LogP contribution in [-0.2, 0) is 22.2 Å². The Morgan fingerprint density at radius 1 is 1.03 bits per heavy atom. The Balaban J connectivity index is 1.36.